The highest BCUT2D eigenvalue weighted by Gasteiger charge is 2.13. The lowest BCUT2D eigenvalue weighted by molar-refractivity contribution is 0.293. The molecule has 0 bridgehead atoms. The lowest BCUT2D eigenvalue weighted by atomic mass is 10.1. The van der Waals surface area contributed by atoms with Crippen molar-refractivity contribution in [1.29, 1.82) is 0 Å². The Bertz CT molecular complexity index is 1200. The van der Waals surface area contributed by atoms with Gasteiger partial charge in [0.25, 0.3) is 0 Å². The minimum absolute atomic E-state index is 0.309. The molecule has 2 heterocycles. The fraction of sp³-hybridized carbons (Fsp3) is 0.0455. The number of fused-ring (bicyclic) bond motifs is 1. The Labute approximate surface area is 165 Å². The van der Waals surface area contributed by atoms with Gasteiger partial charge in [0.15, 0.2) is 5.82 Å². The molecule has 6 heteroatoms. The third-order valence-corrected chi connectivity index (χ3v) is 5.35. The van der Waals surface area contributed by atoms with Gasteiger partial charge in [0.2, 0.25) is 4.96 Å². The Balaban J connectivity index is 1.33. The molecule has 5 rings (SSSR count). The van der Waals surface area contributed by atoms with Gasteiger partial charge in [-0.05, 0) is 23.3 Å². The molecule has 136 valence electrons. The summed E-state index contributed by atoms with van der Waals surface area (Å²) >= 11 is 1.52. The van der Waals surface area contributed by atoms with Crippen LogP contribution < -0.4 is 4.74 Å². The van der Waals surface area contributed by atoms with Crippen molar-refractivity contribution in [2.24, 2.45) is 0 Å². The van der Waals surface area contributed by atoms with Crippen LogP contribution in [0, 0.1) is 0 Å². The van der Waals surface area contributed by atoms with Crippen molar-refractivity contribution in [3.05, 3.63) is 90.8 Å². The first-order chi connectivity index (χ1) is 13.9. The first kappa shape index (κ1) is 16.6. The van der Waals surface area contributed by atoms with Crippen LogP contribution in [0.25, 0.3) is 26.7 Å². The van der Waals surface area contributed by atoms with E-state index in [1.54, 1.807) is 4.52 Å². The predicted molar refractivity (Wildman–Crippen MR) is 110 cm³/mol. The van der Waals surface area contributed by atoms with Gasteiger partial charge in [0.1, 0.15) is 17.4 Å². The average molecular weight is 384 g/mol. The summed E-state index contributed by atoms with van der Waals surface area (Å²) in [5.41, 5.74) is 3.41. The summed E-state index contributed by atoms with van der Waals surface area (Å²) in [5, 5.41) is 14.0. The second-order valence-electron chi connectivity index (χ2n) is 6.26. The molecule has 0 spiro atoms. The van der Waals surface area contributed by atoms with E-state index in [0.717, 1.165) is 26.8 Å². The van der Waals surface area contributed by atoms with Crippen LogP contribution in [-0.4, -0.2) is 19.8 Å². The maximum absolute atomic E-state index is 5.91. The predicted octanol–water partition coefficient (Wildman–Crippen LogP) is 5.10. The molecule has 0 saturated heterocycles. The van der Waals surface area contributed by atoms with Crippen LogP contribution in [0.15, 0.2) is 84.9 Å². The van der Waals surface area contributed by atoms with E-state index in [1.807, 2.05) is 60.7 Å². The fourth-order valence-corrected chi connectivity index (χ4v) is 3.83. The molecule has 0 saturated carbocycles. The van der Waals surface area contributed by atoms with Gasteiger partial charge in [-0.1, -0.05) is 84.1 Å². The van der Waals surface area contributed by atoms with Crippen LogP contribution in [0.1, 0.15) is 5.82 Å². The smallest absolute Gasteiger partial charge is 0.235 e. The molecular weight excluding hydrogens is 368 g/mol. The lowest BCUT2D eigenvalue weighted by Gasteiger charge is -2.06. The highest BCUT2D eigenvalue weighted by Crippen LogP contribution is 2.26. The molecule has 0 amide bonds. The second-order valence-corrected chi connectivity index (χ2v) is 7.22. The van der Waals surface area contributed by atoms with Crippen molar-refractivity contribution in [3.8, 4) is 27.4 Å². The SMILES string of the molecule is c1ccc(-c2ccc(OCc3nnc4sc(-c5ccccc5)nn34)cc2)cc1. The van der Waals surface area contributed by atoms with Crippen LogP contribution in [0.4, 0.5) is 0 Å². The van der Waals surface area contributed by atoms with E-state index in [-0.39, 0.29) is 0 Å². The molecule has 0 N–H and O–H groups in total. The molecule has 2 aromatic heterocycles. The minimum Gasteiger partial charge on any atom is -0.486 e. The summed E-state index contributed by atoms with van der Waals surface area (Å²) in [6.45, 7) is 0.309. The van der Waals surface area contributed by atoms with Gasteiger partial charge in [-0.3, -0.25) is 0 Å². The van der Waals surface area contributed by atoms with E-state index in [2.05, 4.69) is 39.6 Å². The fourth-order valence-electron chi connectivity index (χ4n) is 2.97. The molecule has 0 aliphatic rings. The molecule has 0 fully saturated rings. The van der Waals surface area contributed by atoms with Crippen molar-refractivity contribution in [1.82, 2.24) is 19.8 Å². The molecule has 3 aromatic carbocycles. The van der Waals surface area contributed by atoms with Crippen molar-refractivity contribution in [3.63, 3.8) is 0 Å². The summed E-state index contributed by atoms with van der Waals surface area (Å²) in [4.78, 5) is 0.761. The van der Waals surface area contributed by atoms with E-state index >= 15 is 0 Å². The van der Waals surface area contributed by atoms with Crippen LogP contribution >= 0.6 is 11.3 Å². The van der Waals surface area contributed by atoms with Crippen LogP contribution in [0.2, 0.25) is 0 Å². The number of aromatic nitrogens is 4. The first-order valence-electron chi connectivity index (χ1n) is 8.92. The topological polar surface area (TPSA) is 52.3 Å². The molecule has 0 aliphatic heterocycles. The van der Waals surface area contributed by atoms with Crippen molar-refractivity contribution >= 4 is 16.3 Å². The highest BCUT2D eigenvalue weighted by atomic mass is 32.1. The summed E-state index contributed by atoms with van der Waals surface area (Å²) in [5.74, 6) is 1.47. The van der Waals surface area contributed by atoms with Crippen LogP contribution in [0.3, 0.4) is 0 Å². The Hall–Kier alpha value is -3.51. The minimum atomic E-state index is 0.309. The Morgan fingerprint density at radius 3 is 2.07 bits per heavy atom. The zero-order valence-electron chi connectivity index (χ0n) is 14.9. The third kappa shape index (κ3) is 3.25. The summed E-state index contributed by atoms with van der Waals surface area (Å²) < 4.78 is 7.66. The van der Waals surface area contributed by atoms with Gasteiger partial charge in [-0.2, -0.15) is 9.61 Å². The highest BCUT2D eigenvalue weighted by molar-refractivity contribution is 7.19. The quantitative estimate of drug-likeness (QED) is 0.423. The maximum atomic E-state index is 5.91. The average Bonchev–Trinajstić information content (AvgIpc) is 3.35. The number of hydrogen-bond donors (Lipinski definition) is 0. The number of ether oxygens (including phenoxy) is 1. The van der Waals surface area contributed by atoms with Crippen molar-refractivity contribution in [2.45, 2.75) is 6.61 Å². The van der Waals surface area contributed by atoms with Gasteiger partial charge >= 0.3 is 0 Å². The third-order valence-electron chi connectivity index (χ3n) is 4.41. The Kier molecular flexibility index (Phi) is 4.31. The van der Waals surface area contributed by atoms with E-state index in [4.69, 9.17) is 4.74 Å². The first-order valence-corrected chi connectivity index (χ1v) is 9.73. The zero-order valence-corrected chi connectivity index (χ0v) is 15.7. The van der Waals surface area contributed by atoms with Gasteiger partial charge in [0, 0.05) is 5.56 Å². The Morgan fingerprint density at radius 2 is 1.36 bits per heavy atom. The molecule has 0 atom stereocenters. The monoisotopic (exact) mass is 384 g/mol. The Morgan fingerprint density at radius 1 is 0.714 bits per heavy atom. The van der Waals surface area contributed by atoms with Gasteiger partial charge in [0.05, 0.1) is 0 Å². The number of nitrogens with zero attached hydrogens (tertiary/aromatic N) is 4. The summed E-state index contributed by atoms with van der Waals surface area (Å²) in [7, 11) is 0. The van der Waals surface area contributed by atoms with Gasteiger partial charge in [-0.15, -0.1) is 10.2 Å². The number of rotatable bonds is 5. The number of hydrogen-bond acceptors (Lipinski definition) is 5. The summed E-state index contributed by atoms with van der Waals surface area (Å²) in [6.07, 6.45) is 0. The van der Waals surface area contributed by atoms with E-state index in [1.165, 1.54) is 16.9 Å². The standard InChI is InChI=1S/C22H16N4OS/c1-3-7-16(8-4-1)17-11-13-19(14-12-17)27-15-20-23-24-22-26(20)25-21(28-22)18-9-5-2-6-10-18/h1-14H,15H2. The maximum Gasteiger partial charge on any atom is 0.235 e. The van der Waals surface area contributed by atoms with Gasteiger partial charge < -0.3 is 4.74 Å². The molecule has 5 nitrogen and oxygen atoms in total. The van der Waals surface area contributed by atoms with E-state index in [0.29, 0.717) is 12.4 Å². The van der Waals surface area contributed by atoms with Crippen LogP contribution in [-0.2, 0) is 6.61 Å². The molecular formula is C22H16N4OS. The molecule has 5 aromatic rings. The van der Waals surface area contributed by atoms with E-state index in [9.17, 15) is 0 Å². The van der Waals surface area contributed by atoms with Crippen molar-refractivity contribution in [2.75, 3.05) is 0 Å². The zero-order chi connectivity index (χ0) is 18.8. The molecule has 0 radical (unpaired) electrons. The normalized spacial score (nSPS) is 11.0. The second kappa shape index (κ2) is 7.25. The van der Waals surface area contributed by atoms with Crippen molar-refractivity contribution < 1.29 is 4.74 Å². The summed E-state index contributed by atoms with van der Waals surface area (Å²) in [6, 6.07) is 28.4. The molecule has 0 unspecified atom stereocenters. The lowest BCUT2D eigenvalue weighted by Crippen LogP contribution is -2.02. The van der Waals surface area contributed by atoms with Crippen LogP contribution in [0.5, 0.6) is 5.75 Å². The molecule has 0 aliphatic carbocycles. The van der Waals surface area contributed by atoms with E-state index < -0.39 is 0 Å². The molecule has 28 heavy (non-hydrogen) atoms. The van der Waals surface area contributed by atoms with Gasteiger partial charge in [-0.25, -0.2) is 0 Å². The number of benzene rings is 3. The largest absolute Gasteiger partial charge is 0.486 e.